The Morgan fingerprint density at radius 3 is 2.41 bits per heavy atom. The normalized spacial score (nSPS) is 25.4. The Labute approximate surface area is 361 Å². The van der Waals surface area contributed by atoms with E-state index in [1.54, 1.807) is 21.5 Å². The van der Waals surface area contributed by atoms with Crippen LogP contribution in [0.5, 0.6) is 0 Å². The maximum absolute atomic E-state index is 2.70. The highest BCUT2D eigenvalue weighted by atomic mass is 31.1. The molecule has 61 heavy (non-hydrogen) atoms. The van der Waals surface area contributed by atoms with Crippen LogP contribution in [0.2, 0.25) is 0 Å². The Hall–Kier alpha value is -5.58. The Bertz CT molecular complexity index is 3240. The van der Waals surface area contributed by atoms with E-state index in [1.165, 1.54) is 76.8 Å². The highest BCUT2D eigenvalue weighted by molar-refractivity contribution is 7.74. The molecule has 0 fully saturated rings. The summed E-state index contributed by atoms with van der Waals surface area (Å²) < 4.78 is 2.70. The Morgan fingerprint density at radius 1 is 0.705 bits per heavy atom. The zero-order valence-corrected chi connectivity index (χ0v) is 36.9. The number of fused-ring (bicyclic) bond motifs is 11. The molecule has 4 heterocycles. The molecule has 0 saturated carbocycles. The van der Waals surface area contributed by atoms with Gasteiger partial charge in [-0.15, -0.1) is 0 Å². The zero-order chi connectivity index (χ0) is 40.6. The van der Waals surface area contributed by atoms with Crippen LogP contribution in [0.1, 0.15) is 85.4 Å². The van der Waals surface area contributed by atoms with Crippen LogP contribution in [0.25, 0.3) is 29.0 Å². The van der Waals surface area contributed by atoms with Crippen LogP contribution >= 0.6 is 15.1 Å². The van der Waals surface area contributed by atoms with Gasteiger partial charge in [-0.3, -0.25) is 0 Å². The van der Waals surface area contributed by atoms with E-state index in [0.29, 0.717) is 17.8 Å². The average molecular weight is 822 g/mol. The zero-order valence-electron chi connectivity index (χ0n) is 35.1. The number of hydrogen-bond acceptors (Lipinski definition) is 0. The number of hydrogen-bond donors (Lipinski definition) is 0. The van der Waals surface area contributed by atoms with Crippen LogP contribution in [-0.4, -0.2) is 15.2 Å². The third kappa shape index (κ3) is 5.15. The first-order valence-corrected chi connectivity index (χ1v) is 25.2. The van der Waals surface area contributed by atoms with Crippen LogP contribution in [0, 0.1) is 11.8 Å². The third-order valence-corrected chi connectivity index (χ3v) is 20.5. The summed E-state index contributed by atoms with van der Waals surface area (Å²) in [5.74, 6) is 1.33. The Morgan fingerprint density at radius 2 is 1.52 bits per heavy atom. The third-order valence-electron chi connectivity index (χ3n) is 15.1. The van der Waals surface area contributed by atoms with Crippen LogP contribution in [0.3, 0.4) is 0 Å². The molecule has 5 aromatic rings. The molecule has 6 unspecified atom stereocenters. The minimum atomic E-state index is -0.532. The van der Waals surface area contributed by atoms with Crippen molar-refractivity contribution in [1.29, 1.82) is 0 Å². The lowest BCUT2D eigenvalue weighted by Gasteiger charge is -2.42. The number of nitrogens with zero attached hydrogens (tertiary/aromatic N) is 1. The fourth-order valence-corrected chi connectivity index (χ4v) is 18.1. The van der Waals surface area contributed by atoms with Gasteiger partial charge in [-0.1, -0.05) is 124 Å². The summed E-state index contributed by atoms with van der Waals surface area (Å²) >= 11 is 0. The fourth-order valence-electron chi connectivity index (χ4n) is 12.5. The van der Waals surface area contributed by atoms with Crippen LogP contribution in [0.15, 0.2) is 169 Å². The predicted octanol–water partition coefficient (Wildman–Crippen LogP) is 11.1. The van der Waals surface area contributed by atoms with Gasteiger partial charge in [-0.2, -0.15) is 0 Å². The number of para-hydroxylation sites is 1. The maximum Gasteiger partial charge on any atom is 0.174 e. The SMILES string of the molecule is CC1C2=c3c(c4c(n3-c3ccccc3C2(C)C)CCC(c2ccc3c(c2)C2C=CC=CC2=[P+]3c2ccccc2)=C4)=CC1C1=CC2C(=[P+](C3=CCCC=C3)c3ccccc32)C=C1. The highest BCUT2D eigenvalue weighted by Gasteiger charge is 2.46. The molecule has 294 valence electrons. The highest BCUT2D eigenvalue weighted by Crippen LogP contribution is 2.53. The van der Waals surface area contributed by atoms with Crippen molar-refractivity contribution in [2.45, 2.75) is 63.7 Å². The lowest BCUT2D eigenvalue weighted by molar-refractivity contribution is 0.523. The summed E-state index contributed by atoms with van der Waals surface area (Å²) in [7, 11) is -1.03. The van der Waals surface area contributed by atoms with Crippen LogP contribution in [-0.2, 0) is 11.8 Å². The van der Waals surface area contributed by atoms with Gasteiger partial charge < -0.3 is 4.57 Å². The van der Waals surface area contributed by atoms with Crippen molar-refractivity contribution in [3.63, 3.8) is 0 Å². The van der Waals surface area contributed by atoms with Gasteiger partial charge in [0.2, 0.25) is 0 Å². The summed E-state index contributed by atoms with van der Waals surface area (Å²) in [4.78, 5) is 0. The van der Waals surface area contributed by atoms with Gasteiger partial charge in [0.25, 0.3) is 0 Å². The Balaban J connectivity index is 0.977. The molecule has 0 saturated heterocycles. The molecule has 5 aliphatic carbocycles. The van der Waals surface area contributed by atoms with Crippen molar-refractivity contribution in [2.24, 2.45) is 11.8 Å². The molecule has 8 aliphatic rings. The minimum Gasteiger partial charge on any atom is -0.313 e. The van der Waals surface area contributed by atoms with E-state index >= 15 is 0 Å². The van der Waals surface area contributed by atoms with Crippen molar-refractivity contribution in [3.8, 4) is 5.69 Å². The second-order valence-corrected chi connectivity index (χ2v) is 23.0. The number of rotatable bonds is 4. The largest absolute Gasteiger partial charge is 0.313 e. The number of benzene rings is 4. The average Bonchev–Trinajstić information content (AvgIpc) is 3.94. The summed E-state index contributed by atoms with van der Waals surface area (Å²) in [6, 6.07) is 37.3. The second kappa shape index (κ2) is 13.5. The van der Waals surface area contributed by atoms with Gasteiger partial charge >= 0.3 is 0 Å². The van der Waals surface area contributed by atoms with E-state index in [1.807, 2.05) is 0 Å². The van der Waals surface area contributed by atoms with Gasteiger partial charge in [0.1, 0.15) is 15.9 Å². The summed E-state index contributed by atoms with van der Waals surface area (Å²) in [5, 5.41) is 12.2. The summed E-state index contributed by atoms with van der Waals surface area (Å²) in [6.07, 6.45) is 34.1. The van der Waals surface area contributed by atoms with E-state index in [9.17, 15) is 0 Å². The molecule has 6 atom stereocenters. The van der Waals surface area contributed by atoms with E-state index in [0.717, 1.165) is 25.7 Å². The molecule has 0 radical (unpaired) electrons. The van der Waals surface area contributed by atoms with Gasteiger partial charge in [0, 0.05) is 44.6 Å². The molecule has 0 bridgehead atoms. The minimum absolute atomic E-state index is 0.0989. The molecular formula is C58H49NP2+2. The second-order valence-electron chi connectivity index (χ2n) is 18.7. The first-order chi connectivity index (χ1) is 30.0. The molecule has 13 rings (SSSR count). The smallest absolute Gasteiger partial charge is 0.174 e. The van der Waals surface area contributed by atoms with Crippen molar-refractivity contribution in [2.75, 3.05) is 0 Å². The quantitative estimate of drug-likeness (QED) is 0.159. The van der Waals surface area contributed by atoms with Gasteiger partial charge in [-0.05, 0) is 126 Å². The standard InChI is InChI=1S/C58H49NP2/c1-36-44(39-28-31-55-47(34-39)43-21-11-15-25-53(43)61(55)41-18-8-5-9-19-41)35-48-45-32-37(26-29-50(45)59-51-23-13-12-22-49(51)58(2,3)56(36)57(48)59)38-27-30-54-46(33-38)42-20-10-14-24-52(42)60(54)40-16-6-4-7-17-40/h4,6-8,10-25,27-28,30-36,42,44,47H,5,9,26,29H2,1-3H3/q+2. The lowest BCUT2D eigenvalue weighted by atomic mass is 9.64. The number of allylic oxidation sites excluding steroid dienone is 13. The first-order valence-electron chi connectivity index (χ1n) is 22.5. The van der Waals surface area contributed by atoms with Crippen molar-refractivity contribution < 1.29 is 0 Å². The molecule has 1 aromatic heterocycles. The predicted molar refractivity (Wildman–Crippen MR) is 264 cm³/mol. The van der Waals surface area contributed by atoms with Gasteiger partial charge in [-0.25, -0.2) is 0 Å². The van der Waals surface area contributed by atoms with Crippen molar-refractivity contribution in [3.05, 3.63) is 213 Å². The molecule has 0 N–H and O–H groups in total. The monoisotopic (exact) mass is 821 g/mol. The fraction of sp³-hybridized carbons (Fsp3) is 0.207. The Kier molecular flexibility index (Phi) is 7.97. The first kappa shape index (κ1) is 36.1. The number of aromatic nitrogens is 1. The van der Waals surface area contributed by atoms with E-state index in [2.05, 4.69) is 195 Å². The van der Waals surface area contributed by atoms with Gasteiger partial charge in [0.15, 0.2) is 31.0 Å². The van der Waals surface area contributed by atoms with Crippen LogP contribution in [0.4, 0.5) is 0 Å². The molecular weight excluding hydrogens is 773 g/mol. The van der Waals surface area contributed by atoms with Crippen molar-refractivity contribution >= 4 is 64.9 Å². The van der Waals surface area contributed by atoms with Crippen molar-refractivity contribution in [1.82, 2.24) is 4.57 Å². The maximum atomic E-state index is 2.70. The summed E-state index contributed by atoms with van der Waals surface area (Å²) in [6.45, 7) is 7.53. The molecule has 3 heteroatoms. The molecule has 0 spiro atoms. The summed E-state index contributed by atoms with van der Waals surface area (Å²) in [5.41, 5.74) is 14.6. The van der Waals surface area contributed by atoms with Gasteiger partial charge in [0.05, 0.1) is 17.2 Å². The molecule has 4 aromatic carbocycles. The van der Waals surface area contributed by atoms with E-state index < -0.39 is 15.1 Å². The van der Waals surface area contributed by atoms with Crippen LogP contribution < -0.4 is 26.5 Å². The van der Waals surface area contributed by atoms with E-state index in [-0.39, 0.29) is 11.3 Å². The van der Waals surface area contributed by atoms with E-state index in [4.69, 9.17) is 0 Å². The lowest BCUT2D eigenvalue weighted by Crippen LogP contribution is -2.48. The molecule has 3 aliphatic heterocycles. The topological polar surface area (TPSA) is 4.93 Å². The molecule has 1 nitrogen and oxygen atoms in total. The molecule has 0 amide bonds.